The van der Waals surface area contributed by atoms with Crippen LogP contribution in [-0.2, 0) is 4.79 Å². The van der Waals surface area contributed by atoms with E-state index >= 15 is 0 Å². The predicted octanol–water partition coefficient (Wildman–Crippen LogP) is 2.62. The molecule has 1 atom stereocenters. The van der Waals surface area contributed by atoms with Crippen LogP contribution in [0, 0.1) is 5.92 Å². The maximum atomic E-state index is 12.8. The van der Waals surface area contributed by atoms with Crippen molar-refractivity contribution < 1.29 is 27.5 Å². The van der Waals surface area contributed by atoms with E-state index in [1.54, 1.807) is 24.3 Å². The van der Waals surface area contributed by atoms with Crippen LogP contribution in [0.5, 0.6) is 5.75 Å². The molecule has 1 N–H and O–H groups in total. The lowest BCUT2D eigenvalue weighted by Crippen LogP contribution is -2.45. The number of hydrogen-bond acceptors (Lipinski definition) is 3. The van der Waals surface area contributed by atoms with Gasteiger partial charge in [0.25, 0.3) is 5.91 Å². The molecule has 0 aromatic heterocycles. The Bertz CT molecular complexity index is 619. The minimum absolute atomic E-state index is 0.0362. The van der Waals surface area contributed by atoms with E-state index in [2.05, 4.69) is 5.32 Å². The van der Waals surface area contributed by atoms with E-state index < -0.39 is 18.0 Å². The Morgan fingerprint density at radius 1 is 1.32 bits per heavy atom. The highest BCUT2D eigenvalue weighted by molar-refractivity contribution is 5.97. The number of ether oxygens (including phenoxy) is 1. The van der Waals surface area contributed by atoms with Crippen LogP contribution >= 0.6 is 0 Å². The van der Waals surface area contributed by atoms with Crippen LogP contribution in [-0.4, -0.2) is 49.6 Å². The van der Waals surface area contributed by atoms with Crippen molar-refractivity contribution in [2.75, 3.05) is 26.7 Å². The van der Waals surface area contributed by atoms with Gasteiger partial charge in [-0.2, -0.15) is 13.2 Å². The molecule has 2 amide bonds. The maximum absolute atomic E-state index is 12.8. The number of methoxy groups -OCH3 is 1. The molecule has 138 valence electrons. The largest absolute Gasteiger partial charge is 0.496 e. The van der Waals surface area contributed by atoms with Crippen molar-refractivity contribution in [2.45, 2.75) is 25.4 Å². The molecule has 0 aliphatic carbocycles. The second kappa shape index (κ2) is 8.22. The standard InChI is InChI=1S/C17H21F3N2O3/c1-25-14-7-3-2-6-13(14)16(24)21-9-8-15(23)22-10-4-5-12(11-22)17(18,19)20/h2-3,6-7,12H,4-5,8-11H2,1H3,(H,21,24)/t12-/m1/s1. The molecule has 25 heavy (non-hydrogen) atoms. The number of benzene rings is 1. The van der Waals surface area contributed by atoms with Crippen LogP contribution in [0.2, 0.25) is 0 Å². The topological polar surface area (TPSA) is 58.6 Å². The first-order chi connectivity index (χ1) is 11.8. The molecule has 0 bridgehead atoms. The molecule has 1 fully saturated rings. The summed E-state index contributed by atoms with van der Waals surface area (Å²) in [6.45, 7) is 0.0809. The molecule has 1 aliphatic rings. The van der Waals surface area contributed by atoms with Crippen LogP contribution in [0.1, 0.15) is 29.6 Å². The van der Waals surface area contributed by atoms with E-state index in [1.165, 1.54) is 12.0 Å². The Balaban J connectivity index is 1.83. The zero-order valence-corrected chi connectivity index (χ0v) is 13.9. The van der Waals surface area contributed by atoms with Gasteiger partial charge in [-0.1, -0.05) is 12.1 Å². The molecule has 1 saturated heterocycles. The van der Waals surface area contributed by atoms with Crippen molar-refractivity contribution in [1.29, 1.82) is 0 Å². The number of para-hydroxylation sites is 1. The van der Waals surface area contributed by atoms with Gasteiger partial charge in [0, 0.05) is 26.1 Å². The third-order valence-corrected chi connectivity index (χ3v) is 4.21. The molecule has 0 saturated carbocycles. The van der Waals surface area contributed by atoms with E-state index in [9.17, 15) is 22.8 Å². The number of nitrogens with zero attached hydrogens (tertiary/aromatic N) is 1. The number of carbonyl (C=O) groups excluding carboxylic acids is 2. The fraction of sp³-hybridized carbons (Fsp3) is 0.529. The van der Waals surface area contributed by atoms with Crippen LogP contribution in [0.25, 0.3) is 0 Å². The van der Waals surface area contributed by atoms with Crippen LogP contribution in [0.4, 0.5) is 13.2 Å². The summed E-state index contributed by atoms with van der Waals surface area (Å²) in [7, 11) is 1.45. The number of halogens is 3. The quantitative estimate of drug-likeness (QED) is 0.880. The van der Waals surface area contributed by atoms with Gasteiger partial charge < -0.3 is 15.0 Å². The summed E-state index contributed by atoms with van der Waals surface area (Å²) in [5, 5.41) is 2.60. The summed E-state index contributed by atoms with van der Waals surface area (Å²) in [4.78, 5) is 25.4. The molecule has 5 nitrogen and oxygen atoms in total. The summed E-state index contributed by atoms with van der Waals surface area (Å²) in [5.74, 6) is -1.82. The van der Waals surface area contributed by atoms with E-state index in [1.807, 2.05) is 0 Å². The first kappa shape index (κ1) is 19.1. The smallest absolute Gasteiger partial charge is 0.393 e. The lowest BCUT2D eigenvalue weighted by molar-refractivity contribution is -0.188. The molecule has 1 aliphatic heterocycles. The highest BCUT2D eigenvalue weighted by atomic mass is 19.4. The molecule has 0 unspecified atom stereocenters. The number of rotatable bonds is 5. The first-order valence-corrected chi connectivity index (χ1v) is 8.08. The molecule has 8 heteroatoms. The van der Waals surface area contributed by atoms with Gasteiger partial charge in [-0.3, -0.25) is 9.59 Å². The second-order valence-electron chi connectivity index (χ2n) is 5.93. The average molecular weight is 358 g/mol. The minimum atomic E-state index is -4.28. The van der Waals surface area contributed by atoms with Gasteiger partial charge in [-0.25, -0.2) is 0 Å². The SMILES string of the molecule is COc1ccccc1C(=O)NCCC(=O)N1CCC[C@@H](C(F)(F)F)C1. The second-order valence-corrected chi connectivity index (χ2v) is 5.93. The molecule has 0 radical (unpaired) electrons. The van der Waals surface area contributed by atoms with E-state index in [0.717, 1.165) is 0 Å². The number of hydrogen-bond donors (Lipinski definition) is 1. The molecule has 1 heterocycles. The van der Waals surface area contributed by atoms with Gasteiger partial charge in [0.1, 0.15) is 5.75 Å². The Morgan fingerprint density at radius 2 is 2.04 bits per heavy atom. The van der Waals surface area contributed by atoms with Crippen LogP contribution in [0.15, 0.2) is 24.3 Å². The van der Waals surface area contributed by atoms with Crippen molar-refractivity contribution in [3.05, 3.63) is 29.8 Å². The fourth-order valence-electron chi connectivity index (χ4n) is 2.84. The molecule has 1 aromatic rings. The summed E-state index contributed by atoms with van der Waals surface area (Å²) in [6, 6.07) is 6.65. The zero-order valence-electron chi connectivity index (χ0n) is 13.9. The maximum Gasteiger partial charge on any atom is 0.393 e. The number of likely N-dealkylation sites (tertiary alicyclic amines) is 1. The summed E-state index contributed by atoms with van der Waals surface area (Å²) in [5.41, 5.74) is 0.340. The Labute approximate surface area is 144 Å². The third kappa shape index (κ3) is 5.11. The van der Waals surface area contributed by atoms with Gasteiger partial charge in [-0.05, 0) is 25.0 Å². The lowest BCUT2D eigenvalue weighted by Gasteiger charge is -2.33. The number of carbonyl (C=O) groups is 2. The predicted molar refractivity (Wildman–Crippen MR) is 85.3 cm³/mol. The lowest BCUT2D eigenvalue weighted by atomic mass is 9.97. The Morgan fingerprint density at radius 3 is 2.72 bits per heavy atom. The van der Waals surface area contributed by atoms with Crippen LogP contribution < -0.4 is 10.1 Å². The van der Waals surface area contributed by atoms with Gasteiger partial charge in [0.05, 0.1) is 18.6 Å². The molecule has 1 aromatic carbocycles. The molecule has 2 rings (SSSR count). The van der Waals surface area contributed by atoms with E-state index in [-0.39, 0.29) is 31.8 Å². The van der Waals surface area contributed by atoms with Crippen LogP contribution in [0.3, 0.4) is 0 Å². The number of piperidine rings is 1. The zero-order chi connectivity index (χ0) is 18.4. The normalized spacial score (nSPS) is 17.9. The van der Waals surface area contributed by atoms with Crippen molar-refractivity contribution in [3.63, 3.8) is 0 Å². The fourth-order valence-corrected chi connectivity index (χ4v) is 2.84. The number of nitrogens with one attached hydrogen (secondary N) is 1. The summed E-state index contributed by atoms with van der Waals surface area (Å²) in [6.07, 6.45) is -3.93. The van der Waals surface area contributed by atoms with Crippen molar-refractivity contribution >= 4 is 11.8 Å². The van der Waals surface area contributed by atoms with E-state index in [4.69, 9.17) is 4.74 Å². The average Bonchev–Trinajstić information content (AvgIpc) is 2.60. The van der Waals surface area contributed by atoms with Crippen molar-refractivity contribution in [2.24, 2.45) is 5.92 Å². The third-order valence-electron chi connectivity index (χ3n) is 4.21. The Hall–Kier alpha value is -2.25. The van der Waals surface area contributed by atoms with E-state index in [0.29, 0.717) is 24.3 Å². The monoisotopic (exact) mass is 358 g/mol. The highest BCUT2D eigenvalue weighted by Crippen LogP contribution is 2.33. The summed E-state index contributed by atoms with van der Waals surface area (Å²) >= 11 is 0. The highest BCUT2D eigenvalue weighted by Gasteiger charge is 2.42. The summed E-state index contributed by atoms with van der Waals surface area (Å²) < 4.78 is 43.5. The first-order valence-electron chi connectivity index (χ1n) is 8.08. The molecular weight excluding hydrogens is 337 g/mol. The van der Waals surface area contributed by atoms with Gasteiger partial charge >= 0.3 is 6.18 Å². The minimum Gasteiger partial charge on any atom is -0.496 e. The van der Waals surface area contributed by atoms with Gasteiger partial charge in [0.2, 0.25) is 5.91 Å². The Kier molecular flexibility index (Phi) is 6.27. The van der Waals surface area contributed by atoms with Crippen molar-refractivity contribution in [3.8, 4) is 5.75 Å². The number of alkyl halides is 3. The molecule has 0 spiro atoms. The van der Waals surface area contributed by atoms with Crippen molar-refractivity contribution in [1.82, 2.24) is 10.2 Å². The van der Waals surface area contributed by atoms with Gasteiger partial charge in [-0.15, -0.1) is 0 Å². The van der Waals surface area contributed by atoms with Gasteiger partial charge in [0.15, 0.2) is 0 Å². The number of amides is 2. The molecular formula is C17H21F3N2O3.